The van der Waals surface area contributed by atoms with E-state index in [0.29, 0.717) is 7.92 Å². The van der Waals surface area contributed by atoms with Gasteiger partial charge in [-0.15, -0.1) is 0 Å². The van der Waals surface area contributed by atoms with Crippen LogP contribution in [0.1, 0.15) is 122 Å². The predicted octanol–water partition coefficient (Wildman–Crippen LogP) is 10.4. The van der Waals surface area contributed by atoms with E-state index in [2.05, 4.69) is 62.6 Å². The third kappa shape index (κ3) is 13.6. The summed E-state index contributed by atoms with van der Waals surface area (Å²) in [6, 6.07) is 0. The summed E-state index contributed by atoms with van der Waals surface area (Å²) in [5.74, 6) is 0. The molecule has 0 N–H and O–H groups in total. The number of hydrogen-bond acceptors (Lipinski definition) is 1. The van der Waals surface area contributed by atoms with Crippen molar-refractivity contribution in [1.82, 2.24) is 0 Å². The Kier molecular flexibility index (Phi) is 16.4. The molecule has 3 fully saturated rings. The normalized spacial score (nSPS) is 25.6. The van der Waals surface area contributed by atoms with Crippen molar-refractivity contribution in [1.29, 1.82) is 0 Å². The van der Waals surface area contributed by atoms with Crippen molar-refractivity contribution < 1.29 is 21.9 Å². The molecule has 0 spiro atoms. The maximum absolute atomic E-state index is 4.97. The SMILES string of the molecule is C1=C\CC/C=C\CC/1.C1CCC(P(C2CCCCC2)C2CCCCC2)CC1.C[Si](C)(C)[O][Rh]. The molecule has 3 saturated carbocycles. The van der Waals surface area contributed by atoms with Gasteiger partial charge in [-0.2, -0.15) is 0 Å². The molecular formula is C29H54OPRhSi. The molecule has 0 radical (unpaired) electrons. The summed E-state index contributed by atoms with van der Waals surface area (Å²) in [4.78, 5) is 0. The van der Waals surface area contributed by atoms with Gasteiger partial charge in [0.15, 0.2) is 0 Å². The average molecular weight is 581 g/mol. The van der Waals surface area contributed by atoms with Gasteiger partial charge in [-0.1, -0.05) is 90.0 Å². The first-order chi connectivity index (χ1) is 16.0. The van der Waals surface area contributed by atoms with Crippen molar-refractivity contribution in [3.63, 3.8) is 0 Å². The van der Waals surface area contributed by atoms with Gasteiger partial charge in [-0.05, 0) is 81.2 Å². The number of rotatable bonds is 4. The molecule has 0 bridgehead atoms. The molecule has 33 heavy (non-hydrogen) atoms. The first-order valence-electron chi connectivity index (χ1n) is 14.4. The number of allylic oxidation sites excluding steroid dienone is 4. The van der Waals surface area contributed by atoms with Gasteiger partial charge in [-0.25, -0.2) is 0 Å². The molecule has 0 heterocycles. The van der Waals surface area contributed by atoms with E-state index in [1.165, 1.54) is 61.9 Å². The van der Waals surface area contributed by atoms with Crippen molar-refractivity contribution in [2.24, 2.45) is 0 Å². The summed E-state index contributed by atoms with van der Waals surface area (Å²) in [6.07, 6.45) is 37.6. The third-order valence-corrected chi connectivity index (χ3v) is 15.0. The van der Waals surface area contributed by atoms with Crippen LogP contribution in [-0.4, -0.2) is 25.3 Å². The molecule has 1 nitrogen and oxygen atoms in total. The van der Waals surface area contributed by atoms with Gasteiger partial charge in [-0.3, -0.25) is 0 Å². The molecule has 0 aromatic carbocycles. The summed E-state index contributed by atoms with van der Waals surface area (Å²) in [6.45, 7) is 6.40. The monoisotopic (exact) mass is 580 g/mol. The van der Waals surface area contributed by atoms with Crippen LogP contribution >= 0.6 is 7.92 Å². The molecule has 0 atom stereocenters. The molecule has 4 rings (SSSR count). The van der Waals surface area contributed by atoms with Crippen LogP contribution in [0, 0.1) is 0 Å². The molecule has 0 aromatic rings. The molecule has 194 valence electrons. The first-order valence-corrected chi connectivity index (χ1v) is 20.0. The van der Waals surface area contributed by atoms with Crippen LogP contribution in [0.3, 0.4) is 0 Å². The summed E-state index contributed by atoms with van der Waals surface area (Å²) in [5, 5.41) is 0. The van der Waals surface area contributed by atoms with Crippen LogP contribution in [0.15, 0.2) is 24.3 Å². The predicted molar refractivity (Wildman–Crippen MR) is 149 cm³/mol. The zero-order valence-corrected chi connectivity index (χ0v) is 25.7. The van der Waals surface area contributed by atoms with Gasteiger partial charge in [0.05, 0.1) is 0 Å². The molecule has 0 aromatic heterocycles. The Hall–Kier alpha value is 0.710. The minimum absolute atomic E-state index is 0.385. The molecular weight excluding hydrogens is 526 g/mol. The molecule has 0 aliphatic heterocycles. The standard InChI is InChI=1S/C18H33P.C8H12.C3H9OSi.Rh/c1-4-10-16(11-5-1)19(17-12-6-2-7-13-17)18-14-8-3-9-15-18;1-2-4-6-8-7-5-3-1;1-5(2,3)4;/h16-18H,1-15H2;1-2,7-8H,3-6H2;1-3H3;/q;;-1;+1/b;2-1-,8-7-;;. The third-order valence-electron chi connectivity index (χ3n) is 7.53. The van der Waals surface area contributed by atoms with Gasteiger partial charge < -0.3 is 0 Å². The van der Waals surface area contributed by atoms with Gasteiger partial charge in [0.2, 0.25) is 0 Å². The molecule has 4 aliphatic rings. The van der Waals surface area contributed by atoms with Crippen LogP contribution < -0.4 is 0 Å². The van der Waals surface area contributed by atoms with E-state index in [-0.39, 0.29) is 0 Å². The Labute approximate surface area is 220 Å². The zero-order valence-electron chi connectivity index (χ0n) is 22.2. The quantitative estimate of drug-likeness (QED) is 0.183. The molecule has 4 aliphatic carbocycles. The van der Waals surface area contributed by atoms with E-state index in [9.17, 15) is 0 Å². The number of hydrogen-bond donors (Lipinski definition) is 0. The summed E-state index contributed by atoms with van der Waals surface area (Å²) in [5.41, 5.74) is 3.57. The van der Waals surface area contributed by atoms with Gasteiger partial charge >= 0.3 is 49.9 Å². The maximum atomic E-state index is 4.97. The molecule has 4 heteroatoms. The zero-order chi connectivity index (χ0) is 23.8. The molecule has 0 amide bonds. The summed E-state index contributed by atoms with van der Waals surface area (Å²) in [7, 11) is -0.795. The topological polar surface area (TPSA) is 9.23 Å². The van der Waals surface area contributed by atoms with Gasteiger partial charge in [0, 0.05) is 0 Å². The Morgan fingerprint density at radius 2 is 0.788 bits per heavy atom. The van der Waals surface area contributed by atoms with E-state index in [4.69, 9.17) is 3.25 Å². The Morgan fingerprint density at radius 1 is 0.545 bits per heavy atom. The van der Waals surface area contributed by atoms with Crippen molar-refractivity contribution in [2.75, 3.05) is 0 Å². The molecule has 0 saturated heterocycles. The van der Waals surface area contributed by atoms with E-state index >= 15 is 0 Å². The van der Waals surface area contributed by atoms with Crippen molar-refractivity contribution >= 4 is 16.2 Å². The molecule has 0 unspecified atom stereocenters. The van der Waals surface area contributed by atoms with Crippen LogP contribution in [0.4, 0.5) is 0 Å². The fourth-order valence-corrected chi connectivity index (χ4v) is 10.6. The Morgan fingerprint density at radius 3 is 1.00 bits per heavy atom. The van der Waals surface area contributed by atoms with Crippen molar-refractivity contribution in [2.45, 2.75) is 159 Å². The van der Waals surface area contributed by atoms with Gasteiger partial charge in [0.1, 0.15) is 0 Å². The van der Waals surface area contributed by atoms with Gasteiger partial charge in [0.25, 0.3) is 0 Å². The van der Waals surface area contributed by atoms with Crippen LogP contribution in [0.5, 0.6) is 0 Å². The Bertz CT molecular complexity index is 457. The van der Waals surface area contributed by atoms with Crippen molar-refractivity contribution in [3.8, 4) is 0 Å². The van der Waals surface area contributed by atoms with Crippen LogP contribution in [0.25, 0.3) is 0 Å². The second-order valence-electron chi connectivity index (χ2n) is 11.6. The second-order valence-corrected chi connectivity index (χ2v) is 20.1. The average Bonchev–Trinajstić information content (AvgIpc) is 2.81. The van der Waals surface area contributed by atoms with E-state index in [0.717, 1.165) is 0 Å². The van der Waals surface area contributed by atoms with E-state index in [1.54, 1.807) is 77.0 Å². The Balaban J connectivity index is 0.000000227. The first kappa shape index (κ1) is 29.9. The van der Waals surface area contributed by atoms with E-state index in [1.807, 2.05) is 0 Å². The minimum atomic E-state index is -1.18. The van der Waals surface area contributed by atoms with Crippen LogP contribution in [-0.2, 0) is 21.9 Å². The van der Waals surface area contributed by atoms with Crippen LogP contribution in [0.2, 0.25) is 19.6 Å². The summed E-state index contributed by atoms with van der Waals surface area (Å²) < 4.78 is 4.97. The fourth-order valence-electron chi connectivity index (χ4n) is 5.89. The summed E-state index contributed by atoms with van der Waals surface area (Å²) >= 11 is 2.45. The van der Waals surface area contributed by atoms with E-state index < -0.39 is 8.32 Å². The second kappa shape index (κ2) is 18.0. The van der Waals surface area contributed by atoms with Crippen molar-refractivity contribution in [3.05, 3.63) is 24.3 Å². The fraction of sp³-hybridized carbons (Fsp3) is 0.862.